The van der Waals surface area contributed by atoms with Gasteiger partial charge >= 0.3 is 18.1 Å². The number of aliphatic hydroxyl groups excluding tert-OH is 1. The first-order chi connectivity index (χ1) is 18.8. The van der Waals surface area contributed by atoms with Gasteiger partial charge in [-0.1, -0.05) is 55.8 Å². The average Bonchev–Trinajstić information content (AvgIpc) is 2.92. The molecule has 1 heterocycles. The molecule has 10 nitrogen and oxygen atoms in total. The number of rotatable bonds is 11. The van der Waals surface area contributed by atoms with E-state index in [9.17, 15) is 19.5 Å². The number of benzene rings is 1. The van der Waals surface area contributed by atoms with Gasteiger partial charge < -0.3 is 34.9 Å². The standard InChI is InChI=1S/C28H42ClN3O7/c1-19(33)39-26(34)24(16-20-8-4-3-5-9-20)31-27(35)32-14-7-11-22(18-32)25(21-10-6-12-23(29)17-21)38-15-13-30-28(36)37-2/h6,10,12,17,20,22,24-26,34H,3-5,7-9,11,13-16,18H2,1-2H3,(H,30,36)(H,31,35). The van der Waals surface area contributed by atoms with Crippen LogP contribution in [0, 0.1) is 11.8 Å². The van der Waals surface area contributed by atoms with Gasteiger partial charge in [-0.2, -0.15) is 0 Å². The summed E-state index contributed by atoms with van der Waals surface area (Å²) in [4.78, 5) is 38.1. The number of ether oxygens (including phenoxy) is 3. The topological polar surface area (TPSA) is 126 Å². The second-order valence-corrected chi connectivity index (χ2v) is 10.8. The van der Waals surface area contributed by atoms with Crippen molar-refractivity contribution in [3.05, 3.63) is 34.9 Å². The first-order valence-corrected chi connectivity index (χ1v) is 14.2. The van der Waals surface area contributed by atoms with Gasteiger partial charge in [0.2, 0.25) is 6.29 Å². The average molecular weight is 568 g/mol. The van der Waals surface area contributed by atoms with E-state index in [2.05, 4.69) is 15.4 Å². The molecule has 3 amide bonds. The summed E-state index contributed by atoms with van der Waals surface area (Å²) < 4.78 is 15.9. The van der Waals surface area contributed by atoms with Gasteiger partial charge in [-0.15, -0.1) is 0 Å². The molecule has 218 valence electrons. The maximum atomic E-state index is 13.4. The van der Waals surface area contributed by atoms with Crippen LogP contribution in [0.15, 0.2) is 24.3 Å². The maximum absolute atomic E-state index is 13.4. The molecule has 0 radical (unpaired) electrons. The number of amides is 3. The fraction of sp³-hybridized carbons (Fsp3) is 0.679. The summed E-state index contributed by atoms with van der Waals surface area (Å²) in [5, 5.41) is 16.8. The van der Waals surface area contributed by atoms with E-state index in [1.165, 1.54) is 20.5 Å². The SMILES string of the molecule is COC(=O)NCCOC(c1cccc(Cl)c1)C1CCCN(C(=O)NC(CC2CCCCC2)C(O)OC(C)=O)C1. The van der Waals surface area contributed by atoms with Crippen LogP contribution in [0.5, 0.6) is 0 Å². The fourth-order valence-corrected chi connectivity index (χ4v) is 5.77. The summed E-state index contributed by atoms with van der Waals surface area (Å²) in [6.45, 7) is 2.78. The van der Waals surface area contributed by atoms with E-state index in [1.54, 1.807) is 11.0 Å². The Morgan fingerprint density at radius 3 is 2.62 bits per heavy atom. The summed E-state index contributed by atoms with van der Waals surface area (Å²) >= 11 is 6.27. The molecule has 1 aromatic carbocycles. The highest BCUT2D eigenvalue weighted by Gasteiger charge is 2.34. The molecule has 0 spiro atoms. The van der Waals surface area contributed by atoms with Gasteiger partial charge in [0.25, 0.3) is 0 Å². The summed E-state index contributed by atoms with van der Waals surface area (Å²) in [6.07, 6.45) is 5.42. The van der Waals surface area contributed by atoms with Crippen molar-refractivity contribution in [2.45, 2.75) is 76.7 Å². The predicted octanol–water partition coefficient (Wildman–Crippen LogP) is 4.40. The molecule has 0 bridgehead atoms. The minimum Gasteiger partial charge on any atom is -0.453 e. The van der Waals surface area contributed by atoms with Crippen molar-refractivity contribution in [3.63, 3.8) is 0 Å². The lowest BCUT2D eigenvalue weighted by molar-refractivity contribution is -0.170. The van der Waals surface area contributed by atoms with Crippen LogP contribution < -0.4 is 10.6 Å². The number of esters is 1. The van der Waals surface area contributed by atoms with Gasteiger partial charge in [0, 0.05) is 37.5 Å². The van der Waals surface area contributed by atoms with Crippen LogP contribution in [0.1, 0.15) is 70.0 Å². The molecule has 11 heteroatoms. The quantitative estimate of drug-likeness (QED) is 0.205. The van der Waals surface area contributed by atoms with Crippen LogP contribution in [0.4, 0.5) is 9.59 Å². The molecule has 39 heavy (non-hydrogen) atoms. The normalized spacial score (nSPS) is 20.4. The highest BCUT2D eigenvalue weighted by molar-refractivity contribution is 6.30. The van der Waals surface area contributed by atoms with Gasteiger partial charge in [0.15, 0.2) is 0 Å². The molecular weight excluding hydrogens is 526 g/mol. The molecule has 1 saturated heterocycles. The summed E-state index contributed by atoms with van der Waals surface area (Å²) in [5.74, 6) is -0.245. The predicted molar refractivity (Wildman–Crippen MR) is 146 cm³/mol. The van der Waals surface area contributed by atoms with Gasteiger partial charge in [-0.25, -0.2) is 9.59 Å². The third-order valence-corrected chi connectivity index (χ3v) is 7.69. The zero-order chi connectivity index (χ0) is 28.2. The van der Waals surface area contributed by atoms with Crippen molar-refractivity contribution in [2.75, 3.05) is 33.4 Å². The Bertz CT molecular complexity index is 943. The minimum atomic E-state index is -1.40. The second kappa shape index (κ2) is 15.9. The van der Waals surface area contributed by atoms with E-state index in [1.807, 2.05) is 18.2 Å². The van der Waals surface area contributed by atoms with Crippen LogP contribution in [-0.4, -0.2) is 73.8 Å². The Kier molecular flexibility index (Phi) is 12.6. The number of piperidine rings is 1. The fourth-order valence-electron chi connectivity index (χ4n) is 5.57. The van der Waals surface area contributed by atoms with Crippen molar-refractivity contribution in [1.29, 1.82) is 0 Å². The number of carbonyl (C=O) groups excluding carboxylic acids is 3. The van der Waals surface area contributed by atoms with E-state index >= 15 is 0 Å². The number of nitrogens with one attached hydrogen (secondary N) is 2. The maximum Gasteiger partial charge on any atom is 0.406 e. The highest BCUT2D eigenvalue weighted by Crippen LogP contribution is 2.34. The van der Waals surface area contributed by atoms with E-state index in [-0.39, 0.29) is 31.2 Å². The van der Waals surface area contributed by atoms with Crippen molar-refractivity contribution >= 4 is 29.7 Å². The van der Waals surface area contributed by atoms with Crippen LogP contribution in [0.2, 0.25) is 5.02 Å². The van der Waals surface area contributed by atoms with Gasteiger partial charge in [0.05, 0.1) is 25.9 Å². The van der Waals surface area contributed by atoms with Crippen LogP contribution in [0.25, 0.3) is 0 Å². The first-order valence-electron chi connectivity index (χ1n) is 13.9. The Hall–Kier alpha value is -2.56. The lowest BCUT2D eigenvalue weighted by Crippen LogP contribution is -2.53. The Morgan fingerprint density at radius 2 is 1.92 bits per heavy atom. The van der Waals surface area contributed by atoms with Crippen molar-refractivity contribution in [1.82, 2.24) is 15.5 Å². The molecule has 1 saturated carbocycles. The largest absolute Gasteiger partial charge is 0.453 e. The number of methoxy groups -OCH3 is 1. The number of aliphatic hydroxyl groups is 1. The lowest BCUT2D eigenvalue weighted by atomic mass is 9.84. The number of nitrogens with zero attached hydrogens (tertiary/aromatic N) is 1. The zero-order valence-corrected chi connectivity index (χ0v) is 23.7. The van der Waals surface area contributed by atoms with Crippen LogP contribution in [0.3, 0.4) is 0 Å². The van der Waals surface area contributed by atoms with Crippen molar-refractivity contribution in [2.24, 2.45) is 11.8 Å². The number of hydrogen-bond donors (Lipinski definition) is 3. The summed E-state index contributed by atoms with van der Waals surface area (Å²) in [5.41, 5.74) is 0.897. The molecule has 0 aromatic heterocycles. The van der Waals surface area contributed by atoms with E-state index < -0.39 is 24.4 Å². The zero-order valence-electron chi connectivity index (χ0n) is 22.9. The van der Waals surface area contributed by atoms with E-state index in [4.69, 9.17) is 21.1 Å². The molecule has 3 rings (SSSR count). The monoisotopic (exact) mass is 567 g/mol. The molecule has 3 N–H and O–H groups in total. The Labute approximate surface area is 235 Å². The summed E-state index contributed by atoms with van der Waals surface area (Å²) in [7, 11) is 1.30. The van der Waals surface area contributed by atoms with Crippen molar-refractivity contribution < 1.29 is 33.7 Å². The molecule has 1 aliphatic carbocycles. The van der Waals surface area contributed by atoms with Gasteiger partial charge in [-0.3, -0.25) is 4.79 Å². The molecule has 1 aliphatic heterocycles. The molecule has 1 aromatic rings. The Balaban J connectivity index is 1.67. The number of carbonyl (C=O) groups is 3. The molecule has 4 atom stereocenters. The van der Waals surface area contributed by atoms with Crippen LogP contribution >= 0.6 is 11.6 Å². The van der Waals surface area contributed by atoms with E-state index in [0.29, 0.717) is 30.5 Å². The first kappa shape index (κ1) is 31.0. The number of halogens is 1. The number of likely N-dealkylation sites (tertiary alicyclic amines) is 1. The van der Waals surface area contributed by atoms with Gasteiger partial charge in [0.1, 0.15) is 0 Å². The number of hydrogen-bond acceptors (Lipinski definition) is 7. The third kappa shape index (κ3) is 10.2. The smallest absolute Gasteiger partial charge is 0.406 e. The van der Waals surface area contributed by atoms with Crippen LogP contribution in [-0.2, 0) is 19.0 Å². The van der Waals surface area contributed by atoms with Crippen molar-refractivity contribution in [3.8, 4) is 0 Å². The molecule has 2 fully saturated rings. The molecular formula is C28H42ClN3O7. The summed E-state index contributed by atoms with van der Waals surface area (Å²) in [6, 6.07) is 6.47. The number of urea groups is 1. The highest BCUT2D eigenvalue weighted by atomic mass is 35.5. The van der Waals surface area contributed by atoms with Gasteiger partial charge in [-0.05, 0) is 42.9 Å². The number of alkyl carbamates (subject to hydrolysis) is 1. The molecule has 4 unspecified atom stereocenters. The molecule has 2 aliphatic rings. The van der Waals surface area contributed by atoms with E-state index in [0.717, 1.165) is 44.1 Å². The Morgan fingerprint density at radius 1 is 1.15 bits per heavy atom. The lowest BCUT2D eigenvalue weighted by Gasteiger charge is -2.38. The second-order valence-electron chi connectivity index (χ2n) is 10.4. The third-order valence-electron chi connectivity index (χ3n) is 7.46. The minimum absolute atomic E-state index is 0.0173.